The number of primary sulfonamides is 1. The number of sulfonamides is 1. The second kappa shape index (κ2) is 4.08. The molecule has 1 rings (SSSR count). The Hall–Kier alpha value is -0.910. The lowest BCUT2D eigenvalue weighted by Gasteiger charge is -2.08. The van der Waals surface area contributed by atoms with Crippen LogP contribution in [-0.4, -0.2) is 13.3 Å². The first kappa shape index (κ1) is 11.2. The first-order valence-electron chi connectivity index (χ1n) is 3.78. The van der Waals surface area contributed by atoms with E-state index in [4.69, 9.17) is 19.2 Å². The quantitative estimate of drug-likeness (QED) is 0.738. The van der Waals surface area contributed by atoms with Crippen LogP contribution in [0.2, 0.25) is 0 Å². The molecule has 0 heterocycles. The van der Waals surface area contributed by atoms with Crippen molar-refractivity contribution in [1.82, 2.24) is 4.90 Å². The van der Waals surface area contributed by atoms with E-state index in [0.717, 1.165) is 10.5 Å². The van der Waals surface area contributed by atoms with E-state index >= 15 is 0 Å². The van der Waals surface area contributed by atoms with Crippen molar-refractivity contribution in [2.45, 2.75) is 11.4 Å². The molecule has 0 atom stereocenters. The van der Waals surface area contributed by atoms with Gasteiger partial charge in [-0.3, -0.25) is 4.90 Å². The Morgan fingerprint density at radius 2 is 1.71 bits per heavy atom. The molecule has 0 unspecified atom stereocenters. The van der Waals surface area contributed by atoms with Gasteiger partial charge in [0.25, 0.3) is 0 Å². The molecule has 0 aliphatic rings. The Morgan fingerprint density at radius 3 is 2.07 bits per heavy atom. The minimum atomic E-state index is -3.62. The normalized spacial score (nSPS) is 12.0. The largest absolute Gasteiger partial charge is 0.287 e. The van der Waals surface area contributed by atoms with Crippen LogP contribution in [0.4, 0.5) is 0 Å². The molecule has 2 N–H and O–H groups in total. The third-order valence-corrected chi connectivity index (χ3v) is 2.55. The minimum absolute atomic E-state index is 0.0712. The van der Waals surface area contributed by atoms with Gasteiger partial charge in [0.05, 0.1) is 4.90 Å². The summed E-state index contributed by atoms with van der Waals surface area (Å²) < 4.78 is 21.8. The number of nitrogens with two attached hydrogens (primary N) is 1. The molecule has 1 aromatic rings. The van der Waals surface area contributed by atoms with Gasteiger partial charge in [-0.15, -0.1) is 0 Å². The lowest BCUT2D eigenvalue weighted by atomic mass is 10.2. The van der Waals surface area contributed by atoms with Crippen LogP contribution in [0.1, 0.15) is 5.56 Å². The predicted octanol–water partition coefficient (Wildman–Crippen LogP) is 0.473. The molecule has 1 aromatic carbocycles. The van der Waals surface area contributed by atoms with Gasteiger partial charge in [-0.05, 0) is 17.7 Å². The van der Waals surface area contributed by atoms with Gasteiger partial charge >= 0.3 is 0 Å². The zero-order valence-corrected chi connectivity index (χ0v) is 8.24. The van der Waals surface area contributed by atoms with Crippen LogP contribution in [0, 0.1) is 14.1 Å². The maximum Gasteiger partial charge on any atom is 0.238 e. The predicted molar refractivity (Wildman–Crippen MR) is 52.0 cm³/mol. The molecular weight excluding hydrogens is 200 g/mol. The molecule has 0 aliphatic carbocycles. The van der Waals surface area contributed by atoms with Crippen LogP contribution in [-0.2, 0) is 16.6 Å². The smallest absolute Gasteiger partial charge is 0.238 e. The van der Waals surface area contributed by atoms with Gasteiger partial charge in [-0.1, -0.05) is 12.1 Å². The fourth-order valence-electron chi connectivity index (χ4n) is 0.995. The molecule has 0 aliphatic heterocycles. The number of benzene rings is 1. The Balaban J connectivity index is 2.90. The van der Waals surface area contributed by atoms with Gasteiger partial charge in [0.2, 0.25) is 10.0 Å². The van der Waals surface area contributed by atoms with Gasteiger partial charge in [-0.25, -0.2) is 13.6 Å². The molecule has 74 valence electrons. The zero-order chi connectivity index (χ0) is 10.8. The van der Waals surface area contributed by atoms with Gasteiger partial charge in [0, 0.05) is 20.6 Å². The summed E-state index contributed by atoms with van der Waals surface area (Å²) in [6, 6.07) is 6.03. The number of hydrogen-bond acceptors (Lipinski definition) is 3. The summed E-state index contributed by atoms with van der Waals surface area (Å²) in [5, 5.41) is 4.92. The Morgan fingerprint density at radius 1 is 1.21 bits per heavy atom. The standard InChI is InChI=1S/C9H10N2O2S/c1-11(2)7-8-3-5-9(6-4-8)14(10,12)13/h1-6H,7H2,(H2,10,12,13). The highest BCUT2D eigenvalue weighted by Gasteiger charge is 2.06. The summed E-state index contributed by atoms with van der Waals surface area (Å²) in [6.45, 7) is 0.338. The van der Waals surface area contributed by atoms with E-state index in [9.17, 15) is 8.42 Å². The van der Waals surface area contributed by atoms with Crippen LogP contribution in [0.3, 0.4) is 0 Å². The van der Waals surface area contributed by atoms with Crippen molar-refractivity contribution in [3.05, 3.63) is 43.9 Å². The van der Waals surface area contributed by atoms with E-state index in [1.54, 1.807) is 12.1 Å². The molecule has 0 amide bonds. The second-order valence-electron chi connectivity index (χ2n) is 2.86. The average Bonchev–Trinajstić information content (AvgIpc) is 2.02. The molecule has 0 aromatic heterocycles. The fourth-order valence-corrected chi connectivity index (χ4v) is 1.51. The third kappa shape index (κ3) is 3.10. The van der Waals surface area contributed by atoms with E-state index in [0.29, 0.717) is 6.54 Å². The highest BCUT2D eigenvalue weighted by Crippen LogP contribution is 2.09. The Bertz CT molecular complexity index is 395. The van der Waals surface area contributed by atoms with Gasteiger partial charge in [0.1, 0.15) is 0 Å². The summed E-state index contributed by atoms with van der Waals surface area (Å²) in [4.78, 5) is 1.08. The van der Waals surface area contributed by atoms with Crippen LogP contribution < -0.4 is 5.14 Å². The number of rotatable bonds is 3. The SMILES string of the molecule is [CH]N([CH])Cc1ccc(S(N)(=O)=O)cc1. The summed E-state index contributed by atoms with van der Waals surface area (Å²) in [6.07, 6.45) is 0. The van der Waals surface area contributed by atoms with Crippen molar-refractivity contribution >= 4 is 10.0 Å². The van der Waals surface area contributed by atoms with Crippen LogP contribution in [0.25, 0.3) is 0 Å². The van der Waals surface area contributed by atoms with E-state index < -0.39 is 10.0 Å². The molecule has 4 radical (unpaired) electrons. The highest BCUT2D eigenvalue weighted by atomic mass is 32.2. The number of hydrogen-bond donors (Lipinski definition) is 1. The van der Waals surface area contributed by atoms with Crippen molar-refractivity contribution in [2.24, 2.45) is 5.14 Å². The lowest BCUT2D eigenvalue weighted by Crippen LogP contribution is -2.12. The van der Waals surface area contributed by atoms with Crippen LogP contribution in [0.15, 0.2) is 29.2 Å². The van der Waals surface area contributed by atoms with Crippen molar-refractivity contribution in [3.63, 3.8) is 0 Å². The van der Waals surface area contributed by atoms with Gasteiger partial charge in [-0.2, -0.15) is 0 Å². The zero-order valence-electron chi connectivity index (χ0n) is 7.42. The van der Waals surface area contributed by atoms with E-state index in [1.807, 2.05) is 0 Å². The first-order valence-corrected chi connectivity index (χ1v) is 5.33. The van der Waals surface area contributed by atoms with Gasteiger partial charge in [0.15, 0.2) is 0 Å². The second-order valence-corrected chi connectivity index (χ2v) is 4.42. The van der Waals surface area contributed by atoms with Crippen molar-refractivity contribution in [3.8, 4) is 0 Å². The summed E-state index contributed by atoms with van der Waals surface area (Å²) >= 11 is 0. The fraction of sp³-hybridized carbons (Fsp3) is 0.111. The molecule has 0 bridgehead atoms. The Kier molecular flexibility index (Phi) is 3.25. The first-order chi connectivity index (χ1) is 6.39. The summed E-state index contributed by atoms with van der Waals surface area (Å²) in [7, 11) is 6.81. The van der Waals surface area contributed by atoms with E-state index in [1.165, 1.54) is 12.1 Å². The Labute approximate surface area is 84.4 Å². The maximum absolute atomic E-state index is 10.9. The van der Waals surface area contributed by atoms with Crippen LogP contribution >= 0.6 is 0 Å². The third-order valence-electron chi connectivity index (χ3n) is 1.62. The van der Waals surface area contributed by atoms with E-state index in [2.05, 4.69) is 0 Å². The molecule has 0 saturated carbocycles. The highest BCUT2D eigenvalue weighted by molar-refractivity contribution is 7.89. The molecule has 0 spiro atoms. The molecule has 5 heteroatoms. The minimum Gasteiger partial charge on any atom is -0.287 e. The summed E-state index contributed by atoms with van der Waals surface area (Å²) in [5.41, 5.74) is 0.808. The van der Waals surface area contributed by atoms with Crippen molar-refractivity contribution in [1.29, 1.82) is 0 Å². The molecule has 4 nitrogen and oxygen atoms in total. The molecule has 0 saturated heterocycles. The van der Waals surface area contributed by atoms with Crippen LogP contribution in [0.5, 0.6) is 0 Å². The molecule has 14 heavy (non-hydrogen) atoms. The monoisotopic (exact) mass is 210 g/mol. The van der Waals surface area contributed by atoms with Crippen molar-refractivity contribution < 1.29 is 8.42 Å². The molecule has 0 fully saturated rings. The van der Waals surface area contributed by atoms with Crippen molar-refractivity contribution in [2.75, 3.05) is 0 Å². The van der Waals surface area contributed by atoms with E-state index in [-0.39, 0.29) is 4.90 Å². The summed E-state index contributed by atoms with van der Waals surface area (Å²) in [5.74, 6) is 0. The lowest BCUT2D eigenvalue weighted by molar-refractivity contribution is 0.489. The van der Waals surface area contributed by atoms with Gasteiger partial charge < -0.3 is 0 Å². The average molecular weight is 210 g/mol. The maximum atomic E-state index is 10.9. The topological polar surface area (TPSA) is 63.4 Å². The molecular formula is C9H10N2O2S. The number of nitrogens with zero attached hydrogens (tertiary/aromatic N) is 1.